The van der Waals surface area contributed by atoms with Gasteiger partial charge in [0.25, 0.3) is 0 Å². The maximum atomic E-state index is 12.2. The number of rotatable bonds is 5. The quantitative estimate of drug-likeness (QED) is 0.756. The van der Waals surface area contributed by atoms with Gasteiger partial charge in [-0.05, 0) is 19.9 Å². The van der Waals surface area contributed by atoms with E-state index >= 15 is 0 Å². The lowest BCUT2D eigenvalue weighted by molar-refractivity contribution is -0.230. The first-order chi connectivity index (χ1) is 6.29. The molecule has 2 nitrogen and oxygen atoms in total. The van der Waals surface area contributed by atoms with Gasteiger partial charge < -0.3 is 10.1 Å². The molecule has 0 fully saturated rings. The standard InChI is InChI=1S/C9H18F3NO/c1-6(2)8(5-13-4)14-7(3)9(10,11)12/h6-8,13H,5H2,1-4H3. The Morgan fingerprint density at radius 2 is 1.71 bits per heavy atom. The predicted octanol–water partition coefficient (Wildman–Crippen LogP) is 2.20. The van der Waals surface area contributed by atoms with Crippen molar-refractivity contribution in [2.75, 3.05) is 13.6 Å². The number of likely N-dealkylation sites (N-methyl/N-ethyl adjacent to an activating group) is 1. The Balaban J connectivity index is 4.16. The average Bonchev–Trinajstić information content (AvgIpc) is 2.01. The number of hydrogen-bond acceptors (Lipinski definition) is 2. The fraction of sp³-hybridized carbons (Fsp3) is 1.00. The lowest BCUT2D eigenvalue weighted by atomic mass is 10.1. The molecule has 86 valence electrons. The maximum Gasteiger partial charge on any atom is 0.414 e. The second-order valence-electron chi connectivity index (χ2n) is 3.66. The van der Waals surface area contributed by atoms with E-state index in [0.29, 0.717) is 6.54 Å². The third kappa shape index (κ3) is 4.81. The number of alkyl halides is 3. The molecule has 0 aliphatic rings. The molecular formula is C9H18F3NO. The number of nitrogens with one attached hydrogen (secondary N) is 1. The third-order valence-corrected chi connectivity index (χ3v) is 1.99. The first-order valence-electron chi connectivity index (χ1n) is 4.65. The molecule has 0 aliphatic heterocycles. The molecule has 1 N–H and O–H groups in total. The van der Waals surface area contributed by atoms with Gasteiger partial charge in [0, 0.05) is 6.54 Å². The molecule has 0 heterocycles. The summed E-state index contributed by atoms with van der Waals surface area (Å²) in [6.07, 6.45) is -6.39. The molecule has 2 unspecified atom stereocenters. The van der Waals surface area contributed by atoms with Gasteiger partial charge >= 0.3 is 6.18 Å². The average molecular weight is 213 g/mol. The second-order valence-corrected chi connectivity index (χ2v) is 3.66. The monoisotopic (exact) mass is 213 g/mol. The van der Waals surface area contributed by atoms with Gasteiger partial charge in [0.1, 0.15) is 0 Å². The number of hydrogen-bond donors (Lipinski definition) is 1. The second kappa shape index (κ2) is 5.56. The molecule has 0 rings (SSSR count). The van der Waals surface area contributed by atoms with E-state index in [1.807, 2.05) is 13.8 Å². The van der Waals surface area contributed by atoms with Crippen LogP contribution in [-0.2, 0) is 4.74 Å². The van der Waals surface area contributed by atoms with Gasteiger partial charge in [0.05, 0.1) is 6.10 Å². The van der Waals surface area contributed by atoms with Crippen LogP contribution < -0.4 is 5.32 Å². The van der Waals surface area contributed by atoms with Gasteiger partial charge in [-0.2, -0.15) is 13.2 Å². The Morgan fingerprint density at radius 3 is 2.00 bits per heavy atom. The lowest BCUT2D eigenvalue weighted by Crippen LogP contribution is -2.39. The summed E-state index contributed by atoms with van der Waals surface area (Å²) in [6.45, 7) is 5.14. The lowest BCUT2D eigenvalue weighted by Gasteiger charge is -2.26. The highest BCUT2D eigenvalue weighted by Gasteiger charge is 2.38. The molecule has 0 saturated heterocycles. The highest BCUT2D eigenvalue weighted by Crippen LogP contribution is 2.24. The van der Waals surface area contributed by atoms with E-state index in [2.05, 4.69) is 5.32 Å². The molecule has 0 radical (unpaired) electrons. The van der Waals surface area contributed by atoms with Crippen LogP contribution in [-0.4, -0.2) is 32.0 Å². The van der Waals surface area contributed by atoms with E-state index in [-0.39, 0.29) is 5.92 Å². The van der Waals surface area contributed by atoms with Gasteiger partial charge in [-0.3, -0.25) is 0 Å². The van der Waals surface area contributed by atoms with Crippen LogP contribution in [0.4, 0.5) is 13.2 Å². The summed E-state index contributed by atoms with van der Waals surface area (Å²) in [6, 6.07) is 0. The summed E-state index contributed by atoms with van der Waals surface area (Å²) in [5.74, 6) is 0.0623. The summed E-state index contributed by atoms with van der Waals surface area (Å²) in [7, 11) is 1.69. The van der Waals surface area contributed by atoms with E-state index in [1.165, 1.54) is 0 Å². The van der Waals surface area contributed by atoms with Crippen molar-refractivity contribution in [3.63, 3.8) is 0 Å². The highest BCUT2D eigenvalue weighted by molar-refractivity contribution is 4.70. The van der Waals surface area contributed by atoms with Gasteiger partial charge in [-0.1, -0.05) is 13.8 Å². The summed E-state index contributed by atoms with van der Waals surface area (Å²) in [5, 5.41) is 2.81. The summed E-state index contributed by atoms with van der Waals surface area (Å²) in [4.78, 5) is 0. The Bertz CT molecular complexity index is 159. The molecule has 5 heteroatoms. The molecular weight excluding hydrogens is 195 g/mol. The van der Waals surface area contributed by atoms with Crippen molar-refractivity contribution >= 4 is 0 Å². The normalized spacial score (nSPS) is 17.1. The van der Waals surface area contributed by atoms with Crippen LogP contribution in [0.25, 0.3) is 0 Å². The number of ether oxygens (including phenoxy) is 1. The summed E-state index contributed by atoms with van der Waals surface area (Å²) >= 11 is 0. The minimum absolute atomic E-state index is 0.0623. The Morgan fingerprint density at radius 1 is 1.21 bits per heavy atom. The molecule has 0 aliphatic carbocycles. The summed E-state index contributed by atoms with van der Waals surface area (Å²) < 4.78 is 41.4. The van der Waals surface area contributed by atoms with E-state index < -0.39 is 18.4 Å². The van der Waals surface area contributed by atoms with Gasteiger partial charge in [-0.15, -0.1) is 0 Å². The zero-order valence-electron chi connectivity index (χ0n) is 8.98. The van der Waals surface area contributed by atoms with Crippen LogP contribution in [0, 0.1) is 5.92 Å². The zero-order valence-corrected chi connectivity index (χ0v) is 8.98. The summed E-state index contributed by atoms with van der Waals surface area (Å²) in [5.41, 5.74) is 0. The highest BCUT2D eigenvalue weighted by atomic mass is 19.4. The Hall–Kier alpha value is -0.290. The van der Waals surface area contributed by atoms with Crippen LogP contribution in [0.2, 0.25) is 0 Å². The predicted molar refractivity (Wildman–Crippen MR) is 49.2 cm³/mol. The van der Waals surface area contributed by atoms with Crippen LogP contribution in [0.15, 0.2) is 0 Å². The van der Waals surface area contributed by atoms with Crippen molar-refractivity contribution in [2.45, 2.75) is 39.2 Å². The van der Waals surface area contributed by atoms with Crippen LogP contribution >= 0.6 is 0 Å². The van der Waals surface area contributed by atoms with Crippen LogP contribution in [0.5, 0.6) is 0 Å². The molecule has 2 atom stereocenters. The molecule has 0 spiro atoms. The minimum atomic E-state index is -4.28. The van der Waals surface area contributed by atoms with Crippen molar-refractivity contribution in [1.82, 2.24) is 5.32 Å². The fourth-order valence-electron chi connectivity index (χ4n) is 0.981. The first-order valence-corrected chi connectivity index (χ1v) is 4.65. The van der Waals surface area contributed by atoms with E-state index in [0.717, 1.165) is 6.92 Å². The molecule has 0 aromatic heterocycles. The topological polar surface area (TPSA) is 21.3 Å². The molecule has 0 aromatic rings. The SMILES string of the molecule is CNCC(OC(C)C(F)(F)F)C(C)C. The van der Waals surface area contributed by atoms with Gasteiger partial charge in [0.2, 0.25) is 0 Å². The maximum absolute atomic E-state index is 12.2. The van der Waals surface area contributed by atoms with Crippen molar-refractivity contribution in [3.05, 3.63) is 0 Å². The van der Waals surface area contributed by atoms with E-state index in [9.17, 15) is 13.2 Å². The molecule has 0 bridgehead atoms. The third-order valence-electron chi connectivity index (χ3n) is 1.99. The van der Waals surface area contributed by atoms with Crippen molar-refractivity contribution in [2.24, 2.45) is 5.92 Å². The van der Waals surface area contributed by atoms with Crippen molar-refractivity contribution in [3.8, 4) is 0 Å². The molecule has 0 aromatic carbocycles. The largest absolute Gasteiger partial charge is 0.414 e. The van der Waals surface area contributed by atoms with Crippen molar-refractivity contribution < 1.29 is 17.9 Å². The van der Waals surface area contributed by atoms with E-state index in [4.69, 9.17) is 4.74 Å². The smallest absolute Gasteiger partial charge is 0.364 e. The zero-order chi connectivity index (χ0) is 11.4. The Kier molecular flexibility index (Phi) is 5.44. The van der Waals surface area contributed by atoms with Gasteiger partial charge in [0.15, 0.2) is 6.10 Å². The van der Waals surface area contributed by atoms with E-state index in [1.54, 1.807) is 7.05 Å². The minimum Gasteiger partial charge on any atom is -0.364 e. The first kappa shape index (κ1) is 13.7. The van der Waals surface area contributed by atoms with Gasteiger partial charge in [-0.25, -0.2) is 0 Å². The van der Waals surface area contributed by atoms with Crippen molar-refractivity contribution in [1.29, 1.82) is 0 Å². The van der Waals surface area contributed by atoms with Crippen LogP contribution in [0.3, 0.4) is 0 Å². The number of halogens is 3. The van der Waals surface area contributed by atoms with Crippen LogP contribution in [0.1, 0.15) is 20.8 Å². The fourth-order valence-corrected chi connectivity index (χ4v) is 0.981. The molecule has 0 saturated carbocycles. The Labute approximate surface area is 82.8 Å². The molecule has 0 amide bonds. The molecule has 14 heavy (non-hydrogen) atoms.